The van der Waals surface area contributed by atoms with Crippen LogP contribution in [-0.2, 0) is 4.87 Å². The first-order valence-corrected chi connectivity index (χ1v) is 5.87. The third-order valence-electron chi connectivity index (χ3n) is 2.51. The summed E-state index contributed by atoms with van der Waals surface area (Å²) in [5, 5.41) is 0. The minimum Gasteiger partial charge on any atom is -0.497 e. The fourth-order valence-corrected chi connectivity index (χ4v) is 2.66. The molecule has 92 valence electrons. The standard InChI is InChI=1S/C11H10F3NOS/c1-16-9-4-2-8(3-5-9)10(11(12,13)14)15-6-7-17-10/h2-6H,7H2,1H3. The Morgan fingerprint density at radius 2 is 1.94 bits per heavy atom. The average Bonchev–Trinajstić information content (AvgIpc) is 2.79. The third-order valence-corrected chi connectivity index (χ3v) is 3.81. The Morgan fingerprint density at radius 3 is 2.35 bits per heavy atom. The number of hydrogen-bond acceptors (Lipinski definition) is 3. The molecule has 0 amide bonds. The predicted octanol–water partition coefficient (Wildman–Crippen LogP) is 3.23. The molecule has 0 spiro atoms. The minimum absolute atomic E-state index is 0.129. The van der Waals surface area contributed by atoms with Gasteiger partial charge >= 0.3 is 6.18 Å². The number of thioether (sulfide) groups is 1. The van der Waals surface area contributed by atoms with Crippen LogP contribution < -0.4 is 4.74 Å². The molecular weight excluding hydrogens is 251 g/mol. The van der Waals surface area contributed by atoms with Gasteiger partial charge < -0.3 is 4.74 Å². The zero-order valence-corrected chi connectivity index (χ0v) is 9.81. The van der Waals surface area contributed by atoms with Gasteiger partial charge in [0, 0.05) is 12.0 Å². The van der Waals surface area contributed by atoms with Crippen LogP contribution in [0.2, 0.25) is 0 Å². The van der Waals surface area contributed by atoms with Crippen LogP contribution in [0.4, 0.5) is 13.2 Å². The number of hydrogen-bond donors (Lipinski definition) is 0. The van der Waals surface area contributed by atoms with Crippen molar-refractivity contribution in [1.29, 1.82) is 0 Å². The normalized spacial score (nSPS) is 24.0. The smallest absolute Gasteiger partial charge is 0.427 e. The van der Waals surface area contributed by atoms with Crippen molar-refractivity contribution < 1.29 is 17.9 Å². The highest BCUT2D eigenvalue weighted by atomic mass is 32.2. The lowest BCUT2D eigenvalue weighted by Gasteiger charge is -2.28. The Morgan fingerprint density at radius 1 is 1.29 bits per heavy atom. The lowest BCUT2D eigenvalue weighted by molar-refractivity contribution is -0.159. The van der Waals surface area contributed by atoms with Crippen LogP contribution >= 0.6 is 11.8 Å². The van der Waals surface area contributed by atoms with Crippen molar-refractivity contribution in [3.05, 3.63) is 29.8 Å². The van der Waals surface area contributed by atoms with E-state index in [4.69, 9.17) is 4.74 Å². The van der Waals surface area contributed by atoms with Gasteiger partial charge in [-0.2, -0.15) is 13.2 Å². The zero-order valence-electron chi connectivity index (χ0n) is 8.99. The van der Waals surface area contributed by atoms with E-state index in [0.29, 0.717) is 5.75 Å². The van der Waals surface area contributed by atoms with Crippen molar-refractivity contribution in [2.75, 3.05) is 12.9 Å². The van der Waals surface area contributed by atoms with Crippen LogP contribution in [-0.4, -0.2) is 25.3 Å². The van der Waals surface area contributed by atoms with Gasteiger partial charge in [-0.15, -0.1) is 11.8 Å². The van der Waals surface area contributed by atoms with E-state index < -0.39 is 11.0 Å². The summed E-state index contributed by atoms with van der Waals surface area (Å²) >= 11 is 0.775. The topological polar surface area (TPSA) is 21.6 Å². The zero-order chi connectivity index (χ0) is 12.5. The van der Waals surface area contributed by atoms with Gasteiger partial charge in [0.1, 0.15) is 5.75 Å². The Bertz CT molecular complexity index is 429. The highest BCUT2D eigenvalue weighted by molar-refractivity contribution is 8.01. The number of ether oxygens (including phenoxy) is 1. The van der Waals surface area contributed by atoms with Gasteiger partial charge in [0.15, 0.2) is 0 Å². The van der Waals surface area contributed by atoms with Crippen LogP contribution in [0.15, 0.2) is 29.3 Å². The maximum Gasteiger partial charge on any atom is 0.427 e. The summed E-state index contributed by atoms with van der Waals surface area (Å²) in [6.45, 7) is 0. The Kier molecular flexibility index (Phi) is 3.07. The lowest BCUT2D eigenvalue weighted by Crippen LogP contribution is -2.36. The van der Waals surface area contributed by atoms with Gasteiger partial charge in [0.25, 0.3) is 0 Å². The summed E-state index contributed by atoms with van der Waals surface area (Å²) in [5.74, 6) is 0.795. The molecule has 0 radical (unpaired) electrons. The molecule has 1 unspecified atom stereocenters. The molecule has 0 saturated carbocycles. The number of halogens is 3. The van der Waals surface area contributed by atoms with Gasteiger partial charge in [-0.05, 0) is 17.7 Å². The maximum atomic E-state index is 13.1. The first-order valence-electron chi connectivity index (χ1n) is 4.88. The molecule has 1 atom stereocenters. The number of alkyl halides is 3. The second-order valence-electron chi connectivity index (χ2n) is 3.49. The number of nitrogens with zero attached hydrogens (tertiary/aromatic N) is 1. The quantitative estimate of drug-likeness (QED) is 0.815. The van der Waals surface area contributed by atoms with Crippen LogP contribution in [0.5, 0.6) is 5.75 Å². The maximum absolute atomic E-state index is 13.1. The molecule has 2 rings (SSSR count). The second kappa shape index (κ2) is 4.25. The van der Waals surface area contributed by atoms with E-state index in [0.717, 1.165) is 11.8 Å². The minimum atomic E-state index is -4.40. The van der Waals surface area contributed by atoms with E-state index in [-0.39, 0.29) is 11.3 Å². The largest absolute Gasteiger partial charge is 0.497 e. The van der Waals surface area contributed by atoms with Crippen LogP contribution in [0.1, 0.15) is 5.56 Å². The summed E-state index contributed by atoms with van der Waals surface area (Å²) in [5.41, 5.74) is 0.129. The fraction of sp³-hybridized carbons (Fsp3) is 0.364. The fourth-order valence-electron chi connectivity index (χ4n) is 1.65. The van der Waals surface area contributed by atoms with E-state index in [9.17, 15) is 13.2 Å². The molecule has 0 fully saturated rings. The Labute approximate surface area is 101 Å². The van der Waals surface area contributed by atoms with Crippen LogP contribution in [0.3, 0.4) is 0 Å². The van der Waals surface area contributed by atoms with E-state index in [2.05, 4.69) is 4.99 Å². The molecular formula is C11H10F3NOS. The molecule has 1 aromatic rings. The average molecular weight is 261 g/mol. The SMILES string of the molecule is COc1ccc(C2(C(F)(F)F)N=CCS2)cc1. The van der Waals surface area contributed by atoms with Gasteiger partial charge in [-0.1, -0.05) is 12.1 Å². The molecule has 0 N–H and O–H groups in total. The predicted molar refractivity (Wildman–Crippen MR) is 61.7 cm³/mol. The van der Waals surface area contributed by atoms with Gasteiger partial charge in [-0.3, -0.25) is 4.99 Å². The van der Waals surface area contributed by atoms with Crippen molar-refractivity contribution >= 4 is 18.0 Å². The van der Waals surface area contributed by atoms with Crippen molar-refractivity contribution in [2.45, 2.75) is 11.0 Å². The molecule has 17 heavy (non-hydrogen) atoms. The molecule has 2 nitrogen and oxygen atoms in total. The first-order chi connectivity index (χ1) is 7.99. The van der Waals surface area contributed by atoms with E-state index in [1.807, 2.05) is 0 Å². The van der Waals surface area contributed by atoms with Crippen molar-refractivity contribution in [2.24, 2.45) is 4.99 Å². The molecule has 1 aliphatic heterocycles. The van der Waals surface area contributed by atoms with Gasteiger partial charge in [0.05, 0.1) is 7.11 Å². The molecule has 0 bridgehead atoms. The summed E-state index contributed by atoms with van der Waals surface area (Å²) in [6.07, 6.45) is -3.10. The van der Waals surface area contributed by atoms with Crippen LogP contribution in [0, 0.1) is 0 Å². The van der Waals surface area contributed by atoms with Crippen molar-refractivity contribution in [3.8, 4) is 5.75 Å². The Balaban J connectivity index is 2.43. The van der Waals surface area contributed by atoms with E-state index >= 15 is 0 Å². The molecule has 1 heterocycles. The van der Waals surface area contributed by atoms with E-state index in [1.165, 1.54) is 37.6 Å². The number of rotatable bonds is 2. The highest BCUT2D eigenvalue weighted by Gasteiger charge is 2.58. The van der Waals surface area contributed by atoms with Crippen molar-refractivity contribution in [1.82, 2.24) is 0 Å². The third kappa shape index (κ3) is 2.01. The van der Waals surface area contributed by atoms with Crippen molar-refractivity contribution in [3.63, 3.8) is 0 Å². The lowest BCUT2D eigenvalue weighted by atomic mass is 10.1. The van der Waals surface area contributed by atoms with Gasteiger partial charge in [0.2, 0.25) is 4.87 Å². The van der Waals surface area contributed by atoms with Gasteiger partial charge in [-0.25, -0.2) is 0 Å². The first kappa shape index (κ1) is 12.3. The molecule has 0 saturated heterocycles. The summed E-state index contributed by atoms with van der Waals surface area (Å²) in [4.78, 5) is 1.48. The summed E-state index contributed by atoms with van der Waals surface area (Å²) < 4.78 is 44.3. The molecule has 0 aromatic heterocycles. The van der Waals surface area contributed by atoms with Crippen LogP contribution in [0.25, 0.3) is 0 Å². The second-order valence-corrected chi connectivity index (χ2v) is 4.71. The number of aliphatic imine (C=N–C) groups is 1. The number of methoxy groups -OCH3 is 1. The monoisotopic (exact) mass is 261 g/mol. The molecule has 1 aromatic carbocycles. The summed E-state index contributed by atoms with van der Waals surface area (Å²) in [6, 6.07) is 5.83. The number of benzene rings is 1. The molecule has 0 aliphatic carbocycles. The molecule has 1 aliphatic rings. The summed E-state index contributed by atoms with van der Waals surface area (Å²) in [7, 11) is 1.47. The van der Waals surface area contributed by atoms with E-state index in [1.54, 1.807) is 0 Å². The highest BCUT2D eigenvalue weighted by Crippen LogP contribution is 2.52. The Hall–Kier alpha value is -1.17. The molecule has 6 heteroatoms.